The molecule has 0 bridgehead atoms. The second kappa shape index (κ2) is 12.9. The fraction of sp³-hybridized carbons (Fsp3) is 0.486. The van der Waals surface area contributed by atoms with Gasteiger partial charge in [-0.3, -0.25) is 9.59 Å². The van der Waals surface area contributed by atoms with Crippen LogP contribution < -0.4 is 10.2 Å². The third-order valence-corrected chi connectivity index (χ3v) is 9.75. The van der Waals surface area contributed by atoms with Crippen LogP contribution in [0, 0.1) is 5.92 Å². The van der Waals surface area contributed by atoms with E-state index in [0.717, 1.165) is 43.1 Å². The van der Waals surface area contributed by atoms with Crippen LogP contribution in [0.2, 0.25) is 0 Å². The number of hydrogen-bond donors (Lipinski definition) is 1. The Hall–Kier alpha value is -4.03. The van der Waals surface area contributed by atoms with E-state index < -0.39 is 17.6 Å². The molecule has 250 valence electrons. The van der Waals surface area contributed by atoms with Crippen molar-refractivity contribution in [3.05, 3.63) is 88.5 Å². The molecule has 1 saturated carbocycles. The normalized spacial score (nSPS) is 22.9. The molecule has 2 fully saturated rings. The number of aryl methyl sites for hydroxylation is 1. The number of likely N-dealkylation sites (N-methyl/N-ethyl adjacent to an activating group) is 1. The maximum atomic E-state index is 14.4. The second-order valence-electron chi connectivity index (χ2n) is 13.6. The fourth-order valence-electron chi connectivity index (χ4n) is 7.58. The molecule has 1 aromatic heterocycles. The van der Waals surface area contributed by atoms with E-state index in [-0.39, 0.29) is 41.6 Å². The summed E-state index contributed by atoms with van der Waals surface area (Å²) in [6.45, 7) is 3.93. The number of rotatable bonds is 10. The number of benzene rings is 2. The Morgan fingerprint density at radius 1 is 1.19 bits per heavy atom. The molecule has 3 aliphatic rings. The second-order valence-corrected chi connectivity index (χ2v) is 13.6. The van der Waals surface area contributed by atoms with Crippen molar-refractivity contribution in [3.8, 4) is 0 Å². The first-order valence-corrected chi connectivity index (χ1v) is 16.2. The average Bonchev–Trinajstić information content (AvgIpc) is 3.73. The summed E-state index contributed by atoms with van der Waals surface area (Å²) >= 11 is 0. The number of aromatic nitrogens is 3. The summed E-state index contributed by atoms with van der Waals surface area (Å²) in [5, 5.41) is 11.7. The molecule has 3 heterocycles. The van der Waals surface area contributed by atoms with Gasteiger partial charge in [-0.15, -0.1) is 10.2 Å². The van der Waals surface area contributed by atoms with E-state index in [9.17, 15) is 22.8 Å². The molecular weight excluding hydrogens is 607 g/mol. The Labute approximate surface area is 273 Å². The fourth-order valence-corrected chi connectivity index (χ4v) is 7.58. The van der Waals surface area contributed by atoms with Crippen molar-refractivity contribution in [2.24, 2.45) is 13.0 Å². The lowest BCUT2D eigenvalue weighted by molar-refractivity contribution is -0.138. The summed E-state index contributed by atoms with van der Waals surface area (Å²) in [4.78, 5) is 31.8. The van der Waals surface area contributed by atoms with Gasteiger partial charge in [0.05, 0.1) is 17.5 Å². The van der Waals surface area contributed by atoms with Crippen LogP contribution in [0.15, 0.2) is 54.9 Å². The van der Waals surface area contributed by atoms with Gasteiger partial charge in [0, 0.05) is 56.6 Å². The predicted molar refractivity (Wildman–Crippen MR) is 173 cm³/mol. The van der Waals surface area contributed by atoms with Crippen molar-refractivity contribution in [3.63, 3.8) is 0 Å². The molecule has 2 aromatic carbocycles. The molecule has 1 N–H and O–H groups in total. The van der Waals surface area contributed by atoms with E-state index in [1.54, 1.807) is 24.5 Å². The van der Waals surface area contributed by atoms with Crippen molar-refractivity contribution < 1.29 is 22.8 Å². The molecule has 0 spiro atoms. The molecule has 2 amide bonds. The average molecular weight is 650 g/mol. The van der Waals surface area contributed by atoms with E-state index in [2.05, 4.69) is 22.4 Å². The van der Waals surface area contributed by atoms with E-state index in [0.29, 0.717) is 36.8 Å². The van der Waals surface area contributed by atoms with Crippen LogP contribution in [0.5, 0.6) is 0 Å². The molecule has 2 aliphatic heterocycles. The number of hydrogen-bond acceptors (Lipinski definition) is 6. The molecule has 12 heteroatoms. The Balaban J connectivity index is 1.20. The number of likely N-dealkylation sites (tertiary alicyclic amines) is 1. The molecule has 0 radical (unpaired) electrons. The summed E-state index contributed by atoms with van der Waals surface area (Å²) in [6.07, 6.45) is 3.89. The van der Waals surface area contributed by atoms with Crippen LogP contribution in [-0.4, -0.2) is 76.2 Å². The number of amides is 2. The Kier molecular flexibility index (Phi) is 9.01. The first kappa shape index (κ1) is 32.9. The number of anilines is 1. The van der Waals surface area contributed by atoms with Crippen molar-refractivity contribution >= 4 is 17.5 Å². The van der Waals surface area contributed by atoms with Crippen LogP contribution >= 0.6 is 0 Å². The number of alkyl halides is 3. The number of halogens is 3. The van der Waals surface area contributed by atoms with Gasteiger partial charge in [0.15, 0.2) is 0 Å². The van der Waals surface area contributed by atoms with E-state index in [4.69, 9.17) is 0 Å². The predicted octanol–water partition coefficient (Wildman–Crippen LogP) is 4.91. The van der Waals surface area contributed by atoms with Crippen LogP contribution in [-0.2, 0) is 36.5 Å². The summed E-state index contributed by atoms with van der Waals surface area (Å²) in [5.74, 6) is 0.816. The number of nitrogens with zero attached hydrogens (tertiary/aromatic N) is 6. The summed E-state index contributed by atoms with van der Waals surface area (Å²) < 4.78 is 45.2. The summed E-state index contributed by atoms with van der Waals surface area (Å²) in [6, 6.07) is 10.2. The Morgan fingerprint density at radius 3 is 2.66 bits per heavy atom. The molecule has 1 atom stereocenters. The topological polar surface area (TPSA) is 86.6 Å². The van der Waals surface area contributed by atoms with Crippen LogP contribution in [0.3, 0.4) is 0 Å². The minimum Gasteiger partial charge on any atom is -0.335 e. The van der Waals surface area contributed by atoms with Crippen LogP contribution in [0.4, 0.5) is 18.9 Å². The number of nitrogens with one attached hydrogen (secondary N) is 1. The van der Waals surface area contributed by atoms with Gasteiger partial charge in [0.2, 0.25) is 5.91 Å². The van der Waals surface area contributed by atoms with Gasteiger partial charge in [0.25, 0.3) is 5.91 Å². The third-order valence-electron chi connectivity index (χ3n) is 9.75. The zero-order valence-corrected chi connectivity index (χ0v) is 27.3. The van der Waals surface area contributed by atoms with Crippen molar-refractivity contribution in [1.29, 1.82) is 0 Å². The number of carbonyl (C=O) groups excluding carboxylic acids is 2. The van der Waals surface area contributed by atoms with E-state index in [1.165, 1.54) is 4.90 Å². The van der Waals surface area contributed by atoms with Gasteiger partial charge in [-0.25, -0.2) is 0 Å². The zero-order valence-electron chi connectivity index (χ0n) is 27.3. The van der Waals surface area contributed by atoms with Gasteiger partial charge < -0.3 is 24.6 Å². The molecule has 9 nitrogen and oxygen atoms in total. The SMILES string of the molecule is CC1CC(c2cccc(N3Cc4c(cc(CNC[C@H]5CCCN5C(=O)/C=C/CN(C)C)cc4C(F)(F)F)C3=O)c2)(c2nncn2C)C1. The maximum absolute atomic E-state index is 14.4. The monoisotopic (exact) mass is 649 g/mol. The summed E-state index contributed by atoms with van der Waals surface area (Å²) in [7, 11) is 5.76. The van der Waals surface area contributed by atoms with Gasteiger partial charge in [-0.05, 0) is 86.7 Å². The minimum atomic E-state index is -4.62. The van der Waals surface area contributed by atoms with Gasteiger partial charge in [0.1, 0.15) is 12.2 Å². The third kappa shape index (κ3) is 6.45. The molecule has 6 rings (SSSR count). The van der Waals surface area contributed by atoms with Crippen molar-refractivity contribution in [2.45, 2.75) is 63.3 Å². The lowest BCUT2D eigenvalue weighted by Crippen LogP contribution is -2.43. The molecule has 0 unspecified atom stereocenters. The van der Waals surface area contributed by atoms with Crippen molar-refractivity contribution in [1.82, 2.24) is 29.9 Å². The first-order chi connectivity index (χ1) is 22.4. The zero-order chi connectivity index (χ0) is 33.5. The smallest absolute Gasteiger partial charge is 0.335 e. The van der Waals surface area contributed by atoms with Gasteiger partial charge >= 0.3 is 6.18 Å². The molecule has 1 saturated heterocycles. The highest BCUT2D eigenvalue weighted by molar-refractivity contribution is 6.10. The number of fused-ring (bicyclic) bond motifs is 1. The highest BCUT2D eigenvalue weighted by atomic mass is 19.4. The van der Waals surface area contributed by atoms with Crippen LogP contribution in [0.25, 0.3) is 0 Å². The van der Waals surface area contributed by atoms with Gasteiger partial charge in [-0.1, -0.05) is 25.1 Å². The molecular formula is C35H42F3N7O2. The maximum Gasteiger partial charge on any atom is 0.416 e. The number of carbonyl (C=O) groups is 2. The minimum absolute atomic E-state index is 0.00555. The largest absolute Gasteiger partial charge is 0.416 e. The first-order valence-electron chi connectivity index (χ1n) is 16.2. The highest BCUT2D eigenvalue weighted by Crippen LogP contribution is 2.52. The lowest BCUT2D eigenvalue weighted by atomic mass is 9.58. The quantitative estimate of drug-likeness (QED) is 0.315. The van der Waals surface area contributed by atoms with E-state index >= 15 is 0 Å². The lowest BCUT2D eigenvalue weighted by Gasteiger charge is -2.46. The molecule has 3 aromatic rings. The molecule has 47 heavy (non-hydrogen) atoms. The summed E-state index contributed by atoms with van der Waals surface area (Å²) in [5.41, 5.74) is 0.830. The van der Waals surface area contributed by atoms with Crippen molar-refractivity contribution in [2.75, 3.05) is 38.6 Å². The Morgan fingerprint density at radius 2 is 1.98 bits per heavy atom. The standard InChI is InChI=1S/C35H42F3N7O2/c1-23-17-34(18-23,33-41-40-22-43(33)4)25-8-5-9-26(16-25)45-21-29-28(32(45)47)14-24(15-30(29)35(36,37)38)19-39-20-27-10-6-13-44(27)31(46)11-7-12-42(2)3/h5,7-9,11,14-16,22-23,27,39H,6,10,12-13,17-21H2,1-4H3/b11-7+/t23?,27-,34?/m1/s1. The highest BCUT2D eigenvalue weighted by Gasteiger charge is 2.48. The van der Waals surface area contributed by atoms with E-state index in [1.807, 2.05) is 59.8 Å². The molecule has 1 aliphatic carbocycles. The van der Waals surface area contributed by atoms with Gasteiger partial charge in [-0.2, -0.15) is 13.2 Å². The van der Waals surface area contributed by atoms with Crippen LogP contribution in [0.1, 0.15) is 71.0 Å². The Bertz CT molecular complexity index is 1680.